The van der Waals surface area contributed by atoms with Crippen molar-refractivity contribution in [2.24, 2.45) is 0 Å². The number of hydrogen-bond acceptors (Lipinski definition) is 7. The fraction of sp³-hybridized carbons (Fsp3) is 0.333. The Labute approximate surface area is 196 Å². The van der Waals surface area contributed by atoms with Crippen LogP contribution in [0.25, 0.3) is 11.1 Å². The van der Waals surface area contributed by atoms with E-state index in [1.54, 1.807) is 22.7 Å². The van der Waals surface area contributed by atoms with E-state index in [0.717, 1.165) is 35.5 Å². The normalized spacial score (nSPS) is 21.2. The van der Waals surface area contributed by atoms with Gasteiger partial charge in [-0.2, -0.15) is 24.5 Å². The first-order chi connectivity index (χ1) is 15.5. The Kier molecular flexibility index (Phi) is 6.38. The molecule has 2 aliphatic rings. The number of aryl methyl sites for hydroxylation is 1. The van der Waals surface area contributed by atoms with E-state index < -0.39 is 22.0 Å². The standard InChI is InChI=1S/C19H18N2O2S3.C2HF3O2/c1-12-17(25-11-20-12)8-21-7-16-15-6-13(14-4-5-24-10-14)2-3-18(15)26(22,23)19(16)9-21;3-2(4,5)1(6)7/h2-6,10-11,16,19H,7-9H2,1H3;(H,6,7). The number of alkyl halides is 3. The molecular formula is C21H19F3N2O4S3. The fourth-order valence-electron chi connectivity index (χ4n) is 4.14. The van der Waals surface area contributed by atoms with Crippen LogP contribution in [-0.4, -0.2) is 53.9 Å². The highest BCUT2D eigenvalue weighted by atomic mass is 32.2. The van der Waals surface area contributed by atoms with E-state index in [2.05, 4.69) is 32.8 Å². The van der Waals surface area contributed by atoms with Gasteiger partial charge >= 0.3 is 12.1 Å². The summed E-state index contributed by atoms with van der Waals surface area (Å²) in [5, 5.41) is 11.0. The highest BCUT2D eigenvalue weighted by Crippen LogP contribution is 2.46. The van der Waals surface area contributed by atoms with Crippen LogP contribution >= 0.6 is 22.7 Å². The SMILES string of the molecule is Cc1ncsc1CN1CC2c3cc(-c4ccsc4)ccc3S(=O)(=O)C2C1.O=C(O)C(F)(F)F. The molecular weight excluding hydrogens is 497 g/mol. The third-order valence-electron chi connectivity index (χ3n) is 5.77. The van der Waals surface area contributed by atoms with Gasteiger partial charge < -0.3 is 5.11 Å². The van der Waals surface area contributed by atoms with Gasteiger partial charge in [0.25, 0.3) is 0 Å². The molecule has 0 bridgehead atoms. The molecule has 1 saturated heterocycles. The number of sulfone groups is 1. The van der Waals surface area contributed by atoms with E-state index in [4.69, 9.17) is 9.90 Å². The van der Waals surface area contributed by atoms with Gasteiger partial charge in [0.1, 0.15) is 0 Å². The Hall–Kier alpha value is -2.28. The van der Waals surface area contributed by atoms with Crippen LogP contribution in [-0.2, 0) is 21.2 Å². The molecule has 4 heterocycles. The number of carbonyl (C=O) groups is 1. The van der Waals surface area contributed by atoms with E-state index in [1.807, 2.05) is 24.6 Å². The number of hydrogen-bond donors (Lipinski definition) is 1. The first-order valence-corrected chi connectivity index (χ1v) is 13.2. The Bertz CT molecular complexity index is 1270. The molecule has 0 saturated carbocycles. The predicted octanol–water partition coefficient (Wildman–Crippen LogP) is 4.57. The summed E-state index contributed by atoms with van der Waals surface area (Å²) >= 11 is 3.31. The highest BCUT2D eigenvalue weighted by Gasteiger charge is 2.50. The van der Waals surface area contributed by atoms with Crippen LogP contribution in [0.4, 0.5) is 13.2 Å². The smallest absolute Gasteiger partial charge is 0.475 e. The largest absolute Gasteiger partial charge is 0.490 e. The molecule has 2 atom stereocenters. The summed E-state index contributed by atoms with van der Waals surface area (Å²) in [5.41, 5.74) is 6.18. The lowest BCUT2D eigenvalue weighted by atomic mass is 9.95. The first-order valence-electron chi connectivity index (χ1n) is 9.80. The van der Waals surface area contributed by atoms with E-state index >= 15 is 0 Å². The fourth-order valence-corrected chi connectivity index (χ4v) is 7.82. The minimum absolute atomic E-state index is 0.0711. The molecule has 0 aliphatic carbocycles. The van der Waals surface area contributed by atoms with Gasteiger partial charge in [-0.25, -0.2) is 18.2 Å². The van der Waals surface area contributed by atoms with E-state index in [-0.39, 0.29) is 11.2 Å². The summed E-state index contributed by atoms with van der Waals surface area (Å²) in [7, 11) is -3.24. The second-order valence-electron chi connectivity index (χ2n) is 7.81. The van der Waals surface area contributed by atoms with Crippen LogP contribution in [0, 0.1) is 6.92 Å². The molecule has 2 aliphatic heterocycles. The van der Waals surface area contributed by atoms with Crippen molar-refractivity contribution in [3.05, 3.63) is 56.7 Å². The van der Waals surface area contributed by atoms with Crippen molar-refractivity contribution in [1.82, 2.24) is 9.88 Å². The molecule has 2 unspecified atom stereocenters. The summed E-state index contributed by atoms with van der Waals surface area (Å²) in [5.74, 6) is -2.69. The average Bonchev–Trinajstić information content (AvgIpc) is 3.51. The maximum Gasteiger partial charge on any atom is 0.490 e. The van der Waals surface area contributed by atoms with E-state index in [9.17, 15) is 21.6 Å². The maximum absolute atomic E-state index is 13.0. The molecule has 5 rings (SSSR count). The zero-order chi connectivity index (χ0) is 24.0. The number of fused-ring (bicyclic) bond motifs is 3. The second-order valence-corrected chi connectivity index (χ2v) is 11.7. The van der Waals surface area contributed by atoms with Crippen molar-refractivity contribution in [1.29, 1.82) is 0 Å². The molecule has 0 radical (unpaired) electrons. The molecule has 6 nitrogen and oxygen atoms in total. The maximum atomic E-state index is 13.0. The minimum Gasteiger partial charge on any atom is -0.475 e. The molecule has 1 aromatic carbocycles. The van der Waals surface area contributed by atoms with Crippen molar-refractivity contribution >= 4 is 38.5 Å². The van der Waals surface area contributed by atoms with Crippen LogP contribution in [0.2, 0.25) is 0 Å². The van der Waals surface area contributed by atoms with Crippen LogP contribution in [0.15, 0.2) is 45.4 Å². The summed E-state index contributed by atoms with van der Waals surface area (Å²) < 4.78 is 57.8. The number of halogens is 3. The van der Waals surface area contributed by atoms with Gasteiger partial charge in [0.15, 0.2) is 9.84 Å². The molecule has 3 aromatic rings. The molecule has 1 fully saturated rings. The van der Waals surface area contributed by atoms with Gasteiger partial charge in [-0.15, -0.1) is 11.3 Å². The number of aromatic nitrogens is 1. The lowest BCUT2D eigenvalue weighted by Gasteiger charge is -2.16. The van der Waals surface area contributed by atoms with Crippen LogP contribution < -0.4 is 0 Å². The summed E-state index contributed by atoms with van der Waals surface area (Å²) in [6, 6.07) is 7.94. The molecule has 0 spiro atoms. The van der Waals surface area contributed by atoms with Gasteiger partial charge in [-0.05, 0) is 52.6 Å². The highest BCUT2D eigenvalue weighted by molar-refractivity contribution is 7.92. The molecule has 176 valence electrons. The number of carboxylic acid groups (broad SMARTS) is 1. The zero-order valence-electron chi connectivity index (χ0n) is 17.2. The topological polar surface area (TPSA) is 87.6 Å². The molecule has 33 heavy (non-hydrogen) atoms. The number of thiazole rings is 1. The number of aliphatic carboxylic acids is 1. The number of thiophene rings is 1. The molecule has 12 heteroatoms. The van der Waals surface area contributed by atoms with Crippen molar-refractivity contribution in [3.63, 3.8) is 0 Å². The monoisotopic (exact) mass is 516 g/mol. The molecule has 0 amide bonds. The third-order valence-corrected chi connectivity index (χ3v) is 9.63. The third kappa shape index (κ3) is 4.70. The lowest BCUT2D eigenvalue weighted by molar-refractivity contribution is -0.192. The zero-order valence-corrected chi connectivity index (χ0v) is 19.7. The summed E-state index contributed by atoms with van der Waals surface area (Å²) in [6.07, 6.45) is -5.08. The number of rotatable bonds is 3. The van der Waals surface area contributed by atoms with Crippen LogP contribution in [0.1, 0.15) is 22.1 Å². The van der Waals surface area contributed by atoms with Gasteiger partial charge in [0, 0.05) is 30.4 Å². The second kappa shape index (κ2) is 8.82. The summed E-state index contributed by atoms with van der Waals surface area (Å²) in [4.78, 5) is 17.3. The van der Waals surface area contributed by atoms with E-state index in [1.165, 1.54) is 4.88 Å². The van der Waals surface area contributed by atoms with Crippen molar-refractivity contribution in [2.45, 2.75) is 35.7 Å². The van der Waals surface area contributed by atoms with Crippen LogP contribution in [0.3, 0.4) is 0 Å². The molecule has 2 aromatic heterocycles. The number of likely N-dealkylation sites (tertiary alicyclic amines) is 1. The van der Waals surface area contributed by atoms with Crippen molar-refractivity contribution < 1.29 is 31.5 Å². The van der Waals surface area contributed by atoms with Gasteiger partial charge in [-0.1, -0.05) is 6.07 Å². The Balaban J connectivity index is 0.000000325. The Morgan fingerprint density at radius 1 is 1.24 bits per heavy atom. The minimum atomic E-state index is -5.08. The Morgan fingerprint density at radius 2 is 1.97 bits per heavy atom. The molecule has 1 N–H and O–H groups in total. The Morgan fingerprint density at radius 3 is 2.55 bits per heavy atom. The number of benzene rings is 1. The summed E-state index contributed by atoms with van der Waals surface area (Å²) in [6.45, 7) is 4.20. The lowest BCUT2D eigenvalue weighted by Crippen LogP contribution is -2.25. The number of carboxylic acids is 1. The van der Waals surface area contributed by atoms with Crippen molar-refractivity contribution in [3.8, 4) is 11.1 Å². The van der Waals surface area contributed by atoms with Gasteiger partial charge in [0.2, 0.25) is 0 Å². The van der Waals surface area contributed by atoms with Crippen molar-refractivity contribution in [2.75, 3.05) is 13.1 Å². The quantitative estimate of drug-likeness (QED) is 0.549. The van der Waals surface area contributed by atoms with Crippen LogP contribution in [0.5, 0.6) is 0 Å². The first kappa shape index (κ1) is 23.9. The van der Waals surface area contributed by atoms with E-state index in [0.29, 0.717) is 11.4 Å². The predicted molar refractivity (Wildman–Crippen MR) is 119 cm³/mol. The number of nitrogens with zero attached hydrogens (tertiary/aromatic N) is 2. The average molecular weight is 517 g/mol. The van der Waals surface area contributed by atoms with Gasteiger partial charge in [0.05, 0.1) is 21.3 Å². The van der Waals surface area contributed by atoms with Gasteiger partial charge in [-0.3, -0.25) is 4.90 Å².